The van der Waals surface area contributed by atoms with E-state index in [0.717, 1.165) is 39.3 Å². The average Bonchev–Trinajstić information content (AvgIpc) is 3.17. The first kappa shape index (κ1) is 25.4. The summed E-state index contributed by atoms with van der Waals surface area (Å²) < 4.78 is 23.6. The van der Waals surface area contributed by atoms with Crippen LogP contribution in [0, 0.1) is 6.92 Å². The number of ether oxygens (including phenoxy) is 4. The molecule has 0 aliphatic rings. The molecule has 3 rings (SSSR count). The highest BCUT2D eigenvalue weighted by Gasteiger charge is 2.14. The summed E-state index contributed by atoms with van der Waals surface area (Å²) in [6, 6.07) is 11.8. The molecule has 3 aromatic rings. The highest BCUT2D eigenvalue weighted by atomic mass is 32.1. The number of hydrogen-bond acceptors (Lipinski definition) is 7. The van der Waals surface area contributed by atoms with Gasteiger partial charge in [-0.05, 0) is 55.2 Å². The van der Waals surface area contributed by atoms with E-state index < -0.39 is 0 Å². The van der Waals surface area contributed by atoms with E-state index in [1.807, 2.05) is 43.3 Å². The normalized spacial score (nSPS) is 11.4. The summed E-state index contributed by atoms with van der Waals surface area (Å²) in [4.78, 5) is 18.6. The van der Waals surface area contributed by atoms with Gasteiger partial charge < -0.3 is 23.5 Å². The van der Waals surface area contributed by atoms with Crippen LogP contribution in [0.15, 0.2) is 41.4 Å². The summed E-state index contributed by atoms with van der Waals surface area (Å²) >= 11 is 1.45. The van der Waals surface area contributed by atoms with Crippen LogP contribution in [-0.4, -0.2) is 45.3 Å². The van der Waals surface area contributed by atoms with E-state index in [1.165, 1.54) is 11.3 Å². The first-order chi connectivity index (χ1) is 16.4. The number of carbonyl (C=O) groups is 1. The Bertz CT molecular complexity index is 1210. The maximum atomic E-state index is 12.2. The molecule has 2 aromatic carbocycles. The lowest BCUT2D eigenvalue weighted by Gasteiger charge is -2.11. The van der Waals surface area contributed by atoms with Crippen LogP contribution < -0.4 is 23.7 Å². The largest absolute Gasteiger partial charge is 0.493 e. The number of Topliss-reactive ketones (excluding diaryl/α,β-unsaturated/α-hetero) is 1. The third-order valence-electron chi connectivity index (χ3n) is 5.65. The van der Waals surface area contributed by atoms with Crippen LogP contribution in [-0.2, 0) is 19.4 Å². The molecule has 0 fully saturated rings. The van der Waals surface area contributed by atoms with Gasteiger partial charge in [-0.15, -0.1) is 0 Å². The number of thiazole rings is 1. The Balaban J connectivity index is 1.82. The second-order valence-corrected chi connectivity index (χ2v) is 8.74. The summed E-state index contributed by atoms with van der Waals surface area (Å²) in [7, 11) is 6.51. The first-order valence-corrected chi connectivity index (χ1v) is 11.9. The number of hydrogen-bond donors (Lipinski definition) is 0. The minimum atomic E-state index is 0.0590. The Kier molecular flexibility index (Phi) is 8.76. The van der Waals surface area contributed by atoms with Crippen molar-refractivity contribution in [3.05, 3.63) is 62.9 Å². The van der Waals surface area contributed by atoms with Gasteiger partial charge in [0.05, 0.1) is 33.3 Å². The zero-order valence-electron chi connectivity index (χ0n) is 20.6. The molecule has 0 N–H and O–H groups in total. The number of benzene rings is 2. The van der Waals surface area contributed by atoms with E-state index in [0.29, 0.717) is 36.1 Å². The molecule has 0 amide bonds. The fraction of sp³-hybridized carbons (Fsp3) is 0.385. The van der Waals surface area contributed by atoms with Gasteiger partial charge in [-0.25, -0.2) is 0 Å². The van der Waals surface area contributed by atoms with Crippen molar-refractivity contribution in [3.8, 4) is 23.0 Å². The SMILES string of the molecule is COc1ccc(CCN=c2sc(C(C)=O)c(C)n2CCc2ccc(OC)c(OC)c2)cc1OC. The second kappa shape index (κ2) is 11.7. The lowest BCUT2D eigenvalue weighted by Crippen LogP contribution is -2.18. The Hall–Kier alpha value is -3.26. The predicted molar refractivity (Wildman–Crippen MR) is 134 cm³/mol. The molecule has 182 valence electrons. The topological polar surface area (TPSA) is 71.3 Å². The van der Waals surface area contributed by atoms with Crippen molar-refractivity contribution in [2.75, 3.05) is 35.0 Å². The molecule has 0 unspecified atom stereocenters. The van der Waals surface area contributed by atoms with Crippen molar-refractivity contribution in [1.29, 1.82) is 0 Å². The number of aryl methyl sites for hydroxylation is 1. The smallest absolute Gasteiger partial charge is 0.185 e. The van der Waals surface area contributed by atoms with Crippen LogP contribution in [0.1, 0.15) is 33.4 Å². The van der Waals surface area contributed by atoms with Gasteiger partial charge in [0, 0.05) is 25.7 Å². The van der Waals surface area contributed by atoms with E-state index in [4.69, 9.17) is 23.9 Å². The summed E-state index contributed by atoms with van der Waals surface area (Å²) in [5.74, 6) is 2.88. The average molecular weight is 485 g/mol. The van der Waals surface area contributed by atoms with Crippen molar-refractivity contribution in [2.45, 2.75) is 33.2 Å². The summed E-state index contributed by atoms with van der Waals surface area (Å²) in [5.41, 5.74) is 3.18. The highest BCUT2D eigenvalue weighted by Crippen LogP contribution is 2.28. The van der Waals surface area contributed by atoms with Crippen molar-refractivity contribution < 1.29 is 23.7 Å². The fourth-order valence-electron chi connectivity index (χ4n) is 3.79. The van der Waals surface area contributed by atoms with Gasteiger partial charge >= 0.3 is 0 Å². The molecular formula is C26H32N2O5S. The van der Waals surface area contributed by atoms with Gasteiger partial charge in [-0.3, -0.25) is 9.79 Å². The van der Waals surface area contributed by atoms with Crippen LogP contribution in [0.5, 0.6) is 23.0 Å². The van der Waals surface area contributed by atoms with E-state index >= 15 is 0 Å². The van der Waals surface area contributed by atoms with Crippen LogP contribution in [0.3, 0.4) is 0 Å². The molecule has 0 atom stereocenters. The van der Waals surface area contributed by atoms with Crippen LogP contribution in [0.4, 0.5) is 0 Å². The summed E-state index contributed by atoms with van der Waals surface area (Å²) in [6.07, 6.45) is 1.53. The Labute approximate surface area is 204 Å². The lowest BCUT2D eigenvalue weighted by molar-refractivity contribution is 0.102. The number of nitrogens with zero attached hydrogens (tertiary/aromatic N) is 2. The third-order valence-corrected chi connectivity index (χ3v) is 6.96. The van der Waals surface area contributed by atoms with Gasteiger partial charge in [0.15, 0.2) is 33.6 Å². The fourth-order valence-corrected chi connectivity index (χ4v) is 4.87. The zero-order valence-corrected chi connectivity index (χ0v) is 21.5. The van der Waals surface area contributed by atoms with E-state index in [2.05, 4.69) is 4.57 Å². The molecule has 1 heterocycles. The van der Waals surface area contributed by atoms with Crippen LogP contribution >= 0.6 is 11.3 Å². The first-order valence-electron chi connectivity index (χ1n) is 11.0. The van der Waals surface area contributed by atoms with Gasteiger partial charge in [0.25, 0.3) is 0 Å². The summed E-state index contributed by atoms with van der Waals surface area (Å²) in [5, 5.41) is 0. The quantitative estimate of drug-likeness (QED) is 0.375. The zero-order chi connectivity index (χ0) is 24.7. The minimum Gasteiger partial charge on any atom is -0.493 e. The summed E-state index contributed by atoms with van der Waals surface area (Å²) in [6.45, 7) is 4.89. The monoisotopic (exact) mass is 484 g/mol. The molecule has 8 heteroatoms. The van der Waals surface area contributed by atoms with Crippen molar-refractivity contribution in [3.63, 3.8) is 0 Å². The molecule has 0 aliphatic carbocycles. The van der Waals surface area contributed by atoms with E-state index in [-0.39, 0.29) is 5.78 Å². The molecule has 7 nitrogen and oxygen atoms in total. The van der Waals surface area contributed by atoms with E-state index in [1.54, 1.807) is 35.4 Å². The third kappa shape index (κ3) is 5.80. The minimum absolute atomic E-state index is 0.0590. The molecule has 0 saturated carbocycles. The lowest BCUT2D eigenvalue weighted by atomic mass is 10.1. The number of aromatic nitrogens is 1. The molecule has 1 aromatic heterocycles. The molecule has 0 spiro atoms. The molecule has 0 aliphatic heterocycles. The second-order valence-electron chi connectivity index (χ2n) is 7.77. The predicted octanol–water partition coefficient (Wildman–Crippen LogP) is 4.48. The Morgan fingerprint density at radius 3 is 1.88 bits per heavy atom. The highest BCUT2D eigenvalue weighted by molar-refractivity contribution is 7.11. The molecule has 0 saturated heterocycles. The van der Waals surface area contributed by atoms with Crippen molar-refractivity contribution >= 4 is 17.1 Å². The molecule has 0 radical (unpaired) electrons. The Morgan fingerprint density at radius 1 is 0.853 bits per heavy atom. The van der Waals surface area contributed by atoms with E-state index in [9.17, 15) is 4.79 Å². The maximum absolute atomic E-state index is 12.2. The molecule has 34 heavy (non-hydrogen) atoms. The van der Waals surface area contributed by atoms with Gasteiger partial charge in [-0.2, -0.15) is 0 Å². The number of carbonyl (C=O) groups excluding carboxylic acids is 1. The van der Waals surface area contributed by atoms with Gasteiger partial charge in [-0.1, -0.05) is 23.5 Å². The van der Waals surface area contributed by atoms with Crippen molar-refractivity contribution in [1.82, 2.24) is 4.57 Å². The van der Waals surface area contributed by atoms with Crippen LogP contribution in [0.25, 0.3) is 0 Å². The van der Waals surface area contributed by atoms with Gasteiger partial charge in [0.1, 0.15) is 0 Å². The van der Waals surface area contributed by atoms with Crippen LogP contribution in [0.2, 0.25) is 0 Å². The molecule has 0 bridgehead atoms. The number of ketones is 1. The number of rotatable bonds is 11. The van der Waals surface area contributed by atoms with Crippen molar-refractivity contribution in [2.24, 2.45) is 4.99 Å². The van der Waals surface area contributed by atoms with Gasteiger partial charge in [0.2, 0.25) is 0 Å². The number of methoxy groups -OCH3 is 4. The Morgan fingerprint density at radius 2 is 1.38 bits per heavy atom. The standard InChI is InChI=1S/C26H32N2O5S/c1-17-25(18(2)29)34-26(27-13-11-19-7-9-21(30-3)23(15-19)32-5)28(17)14-12-20-8-10-22(31-4)24(16-20)33-6/h7-10,15-16H,11-14H2,1-6H3. The maximum Gasteiger partial charge on any atom is 0.185 e. The molecular weight excluding hydrogens is 452 g/mol.